The van der Waals surface area contributed by atoms with Crippen LogP contribution < -0.4 is 5.11 Å². The van der Waals surface area contributed by atoms with Crippen molar-refractivity contribution in [3.05, 3.63) is 23.8 Å². The van der Waals surface area contributed by atoms with E-state index in [1.807, 2.05) is 13.0 Å². The van der Waals surface area contributed by atoms with Crippen molar-refractivity contribution >= 4 is 5.97 Å². The molecule has 0 aliphatic heterocycles. The minimum absolute atomic E-state index is 0.609. The molecule has 3 nitrogen and oxygen atoms in total. The van der Waals surface area contributed by atoms with E-state index >= 15 is 0 Å². The zero-order valence-corrected chi connectivity index (χ0v) is 9.07. The van der Waals surface area contributed by atoms with E-state index in [2.05, 4.69) is 0 Å². The third kappa shape index (κ3) is 3.00. The average molecular weight is 197 g/mol. The van der Waals surface area contributed by atoms with Crippen molar-refractivity contribution in [1.82, 2.24) is 0 Å². The Balaban J connectivity index is 4.77. The van der Waals surface area contributed by atoms with Crippen LogP contribution in [0.15, 0.2) is 23.8 Å². The van der Waals surface area contributed by atoms with E-state index in [-0.39, 0.29) is 0 Å². The van der Waals surface area contributed by atoms with E-state index in [4.69, 9.17) is 0 Å². The Morgan fingerprint density at radius 3 is 2.36 bits per heavy atom. The predicted octanol–water partition coefficient (Wildman–Crippen LogP) is 0.646. The van der Waals surface area contributed by atoms with Crippen molar-refractivity contribution in [3.63, 3.8) is 0 Å². The van der Waals surface area contributed by atoms with Crippen molar-refractivity contribution < 1.29 is 15.0 Å². The summed E-state index contributed by atoms with van der Waals surface area (Å²) in [7, 11) is 0. The van der Waals surface area contributed by atoms with Crippen LogP contribution in [0.5, 0.6) is 0 Å². The van der Waals surface area contributed by atoms with Crippen LogP contribution in [-0.4, -0.2) is 17.2 Å². The number of allylic oxidation sites excluding steroid dienone is 3. The van der Waals surface area contributed by atoms with Gasteiger partial charge in [-0.2, -0.15) is 0 Å². The zero-order valence-electron chi connectivity index (χ0n) is 9.07. The van der Waals surface area contributed by atoms with Gasteiger partial charge in [-0.3, -0.25) is 0 Å². The van der Waals surface area contributed by atoms with Gasteiger partial charge in [-0.25, -0.2) is 0 Å². The van der Waals surface area contributed by atoms with Crippen molar-refractivity contribution in [3.8, 4) is 0 Å². The van der Waals surface area contributed by atoms with Gasteiger partial charge in [-0.15, -0.1) is 0 Å². The van der Waals surface area contributed by atoms with Crippen LogP contribution in [0.3, 0.4) is 0 Å². The van der Waals surface area contributed by atoms with E-state index < -0.39 is 17.5 Å². The fourth-order valence-corrected chi connectivity index (χ4v) is 1.02. The molecule has 1 N–H and O–H groups in total. The van der Waals surface area contributed by atoms with Gasteiger partial charge in [0.2, 0.25) is 0 Å². The predicted molar refractivity (Wildman–Crippen MR) is 53.4 cm³/mol. The normalized spacial score (nSPS) is 15.9. The summed E-state index contributed by atoms with van der Waals surface area (Å²) in [6.07, 6.45) is 4.23. The van der Waals surface area contributed by atoms with E-state index in [0.717, 1.165) is 0 Å². The molecule has 0 radical (unpaired) electrons. The van der Waals surface area contributed by atoms with Crippen molar-refractivity contribution in [2.75, 3.05) is 0 Å². The summed E-state index contributed by atoms with van der Waals surface area (Å²) in [6.45, 7) is 6.43. The largest absolute Gasteiger partial charge is 0.549 e. The lowest BCUT2D eigenvalue weighted by atomic mass is 9.83. The molecular formula is C11H17O3-. The van der Waals surface area contributed by atoms with Crippen molar-refractivity contribution in [2.45, 2.75) is 33.8 Å². The summed E-state index contributed by atoms with van der Waals surface area (Å²) in [5.74, 6) is -1.25. The Morgan fingerprint density at radius 2 is 2.00 bits per heavy atom. The molecule has 0 spiro atoms. The topological polar surface area (TPSA) is 60.4 Å². The highest BCUT2D eigenvalue weighted by molar-refractivity contribution is 5.72. The Hall–Kier alpha value is -1.09. The van der Waals surface area contributed by atoms with E-state index in [0.29, 0.717) is 5.57 Å². The Bertz CT molecular complexity index is 262. The first-order valence-electron chi connectivity index (χ1n) is 4.53. The SMILES string of the molecule is C/C=C/C=C(\C)[C@H](O)C(C)(C)C(=O)[O-]. The number of hydrogen-bond donors (Lipinski definition) is 1. The number of aliphatic hydroxyl groups excluding tert-OH is 1. The number of rotatable bonds is 4. The number of aliphatic hydroxyl groups is 1. The maximum absolute atomic E-state index is 10.7. The second-order valence-electron chi connectivity index (χ2n) is 3.85. The highest BCUT2D eigenvalue weighted by Gasteiger charge is 2.30. The average Bonchev–Trinajstić information content (AvgIpc) is 2.12. The summed E-state index contributed by atoms with van der Waals surface area (Å²) in [5.41, 5.74) is -0.653. The van der Waals surface area contributed by atoms with Gasteiger partial charge in [0.15, 0.2) is 0 Å². The molecule has 3 heteroatoms. The van der Waals surface area contributed by atoms with E-state index in [1.165, 1.54) is 13.8 Å². The molecule has 0 aromatic rings. The second-order valence-corrected chi connectivity index (χ2v) is 3.85. The molecular weight excluding hydrogens is 180 g/mol. The Morgan fingerprint density at radius 1 is 1.50 bits per heavy atom. The Labute approximate surface area is 84.8 Å². The fourth-order valence-electron chi connectivity index (χ4n) is 1.02. The standard InChI is InChI=1S/C11H18O3/c1-5-6-7-8(2)9(12)11(3,4)10(13)14/h5-7,9,12H,1-4H3,(H,13,14)/p-1/b6-5+,8-7+/t9-/m0/s1. The molecule has 0 saturated carbocycles. The lowest BCUT2D eigenvalue weighted by molar-refractivity contribution is -0.320. The fraction of sp³-hybridized carbons (Fsp3) is 0.545. The minimum Gasteiger partial charge on any atom is -0.549 e. The van der Waals surface area contributed by atoms with Gasteiger partial charge in [0.05, 0.1) is 6.10 Å². The molecule has 0 saturated heterocycles. The quantitative estimate of drug-likeness (QED) is 0.673. The van der Waals surface area contributed by atoms with Gasteiger partial charge in [-0.1, -0.05) is 32.1 Å². The maximum Gasteiger partial charge on any atom is 0.0853 e. The first kappa shape index (κ1) is 12.9. The van der Waals surface area contributed by atoms with E-state index in [9.17, 15) is 15.0 Å². The molecule has 14 heavy (non-hydrogen) atoms. The molecule has 1 atom stereocenters. The van der Waals surface area contributed by atoms with Crippen LogP contribution in [0.2, 0.25) is 0 Å². The maximum atomic E-state index is 10.7. The lowest BCUT2D eigenvalue weighted by Gasteiger charge is -2.32. The van der Waals surface area contributed by atoms with Crippen LogP contribution in [0.4, 0.5) is 0 Å². The van der Waals surface area contributed by atoms with Crippen LogP contribution in [0.1, 0.15) is 27.7 Å². The van der Waals surface area contributed by atoms with E-state index in [1.54, 1.807) is 19.1 Å². The molecule has 0 bridgehead atoms. The third-order valence-electron chi connectivity index (χ3n) is 2.19. The van der Waals surface area contributed by atoms with Gasteiger partial charge in [-0.05, 0) is 19.4 Å². The number of carbonyl (C=O) groups is 1. The van der Waals surface area contributed by atoms with Crippen LogP contribution >= 0.6 is 0 Å². The summed E-state index contributed by atoms with van der Waals surface area (Å²) >= 11 is 0. The van der Waals surface area contributed by atoms with Gasteiger partial charge in [0, 0.05) is 11.4 Å². The Kier molecular flexibility index (Phi) is 4.57. The summed E-state index contributed by atoms with van der Waals surface area (Å²) in [4.78, 5) is 10.7. The first-order chi connectivity index (χ1) is 6.34. The number of carboxylic acids is 1. The summed E-state index contributed by atoms with van der Waals surface area (Å²) in [5, 5.41) is 20.4. The van der Waals surface area contributed by atoms with Crippen molar-refractivity contribution in [1.29, 1.82) is 0 Å². The van der Waals surface area contributed by atoms with Crippen LogP contribution in [0, 0.1) is 5.41 Å². The summed E-state index contributed by atoms with van der Waals surface area (Å²) < 4.78 is 0. The second kappa shape index (κ2) is 4.96. The molecule has 0 aliphatic rings. The molecule has 0 fully saturated rings. The van der Waals surface area contributed by atoms with Gasteiger partial charge in [0.1, 0.15) is 0 Å². The molecule has 0 amide bonds. The smallest absolute Gasteiger partial charge is 0.0853 e. The number of carboxylic acid groups (broad SMARTS) is 1. The van der Waals surface area contributed by atoms with Crippen LogP contribution in [-0.2, 0) is 4.79 Å². The zero-order chi connectivity index (χ0) is 11.4. The first-order valence-corrected chi connectivity index (χ1v) is 4.53. The van der Waals surface area contributed by atoms with Gasteiger partial charge < -0.3 is 15.0 Å². The number of carbonyl (C=O) groups excluding carboxylic acids is 1. The minimum atomic E-state index is -1.26. The summed E-state index contributed by atoms with van der Waals surface area (Å²) in [6, 6.07) is 0. The molecule has 80 valence electrons. The van der Waals surface area contributed by atoms with Crippen LogP contribution in [0.25, 0.3) is 0 Å². The highest BCUT2D eigenvalue weighted by atomic mass is 16.4. The lowest BCUT2D eigenvalue weighted by Crippen LogP contribution is -2.46. The monoisotopic (exact) mass is 197 g/mol. The molecule has 0 aromatic heterocycles. The molecule has 0 aliphatic carbocycles. The third-order valence-corrected chi connectivity index (χ3v) is 2.19. The highest BCUT2D eigenvalue weighted by Crippen LogP contribution is 2.24. The molecule has 0 aromatic carbocycles. The van der Waals surface area contributed by atoms with Gasteiger partial charge in [0.25, 0.3) is 0 Å². The van der Waals surface area contributed by atoms with Crippen molar-refractivity contribution in [2.24, 2.45) is 5.41 Å². The molecule has 0 heterocycles. The number of aliphatic carboxylic acids is 1. The molecule has 0 unspecified atom stereocenters. The molecule has 0 rings (SSSR count). The number of hydrogen-bond acceptors (Lipinski definition) is 3. The van der Waals surface area contributed by atoms with Gasteiger partial charge >= 0.3 is 0 Å².